The van der Waals surface area contributed by atoms with Crippen molar-refractivity contribution in [1.29, 1.82) is 0 Å². The molecule has 0 bridgehead atoms. The highest BCUT2D eigenvalue weighted by atomic mass is 14.9. The molecule has 2 aliphatic rings. The van der Waals surface area contributed by atoms with Crippen LogP contribution < -0.4 is 0 Å². The molecular weight excluding hydrogens is 653 g/mol. The zero-order valence-electron chi connectivity index (χ0n) is 30.3. The minimum Gasteiger partial charge on any atom is -0.228 e. The van der Waals surface area contributed by atoms with E-state index in [4.69, 9.17) is 9.97 Å². The first-order valence-corrected chi connectivity index (χ1v) is 19.3. The van der Waals surface area contributed by atoms with Gasteiger partial charge in [0.25, 0.3) is 0 Å². The summed E-state index contributed by atoms with van der Waals surface area (Å²) in [6.45, 7) is 0. The monoisotopic (exact) mass is 692 g/mol. The van der Waals surface area contributed by atoms with E-state index in [1.165, 1.54) is 76.6 Å². The van der Waals surface area contributed by atoms with Crippen molar-refractivity contribution < 1.29 is 0 Å². The van der Waals surface area contributed by atoms with Crippen LogP contribution in [0.1, 0.15) is 43.2 Å². The second kappa shape index (κ2) is 13.5. The molecule has 0 atom stereocenters. The van der Waals surface area contributed by atoms with Crippen LogP contribution >= 0.6 is 0 Å². The van der Waals surface area contributed by atoms with Gasteiger partial charge >= 0.3 is 0 Å². The van der Waals surface area contributed by atoms with E-state index in [0.29, 0.717) is 0 Å². The minimum absolute atomic E-state index is 0.163. The summed E-state index contributed by atoms with van der Waals surface area (Å²) in [5, 5.41) is 0. The molecule has 0 radical (unpaired) electrons. The average molecular weight is 693 g/mol. The number of hydrogen-bond acceptors (Lipinski definition) is 2. The van der Waals surface area contributed by atoms with Gasteiger partial charge in [0.15, 0.2) is 5.82 Å². The largest absolute Gasteiger partial charge is 0.228 e. The maximum atomic E-state index is 5.01. The van der Waals surface area contributed by atoms with Gasteiger partial charge in [-0.3, -0.25) is 0 Å². The minimum atomic E-state index is 0.163. The number of fused-ring (bicyclic) bond motifs is 5. The molecule has 0 amide bonds. The molecule has 0 aliphatic heterocycles. The molecule has 2 heteroatoms. The average Bonchev–Trinajstić information content (AvgIpc) is 3.52. The molecule has 0 unspecified atom stereocenters. The Bertz CT molecular complexity index is 2540. The van der Waals surface area contributed by atoms with Gasteiger partial charge in [0.05, 0.1) is 11.4 Å². The Morgan fingerprint density at radius 3 is 1.41 bits per heavy atom. The van der Waals surface area contributed by atoms with Crippen molar-refractivity contribution in [2.45, 2.75) is 37.5 Å². The number of aromatic nitrogens is 2. The molecule has 1 heterocycles. The molecule has 10 rings (SSSR count). The second-order valence-electron chi connectivity index (χ2n) is 14.9. The third-order valence-corrected chi connectivity index (χ3v) is 11.7. The lowest BCUT2D eigenvalue weighted by Gasteiger charge is -2.36. The van der Waals surface area contributed by atoms with Crippen LogP contribution in [0, 0.1) is 0 Å². The topological polar surface area (TPSA) is 25.8 Å². The summed E-state index contributed by atoms with van der Waals surface area (Å²) in [5.41, 5.74) is 18.5. The lowest BCUT2D eigenvalue weighted by Crippen LogP contribution is -2.28. The van der Waals surface area contributed by atoms with E-state index in [9.17, 15) is 0 Å². The lowest BCUT2D eigenvalue weighted by atomic mass is 9.67. The third kappa shape index (κ3) is 5.76. The lowest BCUT2D eigenvalue weighted by molar-refractivity contribution is 0.353. The van der Waals surface area contributed by atoms with Crippen molar-refractivity contribution in [1.82, 2.24) is 9.97 Å². The number of nitrogens with zero attached hydrogens (tertiary/aromatic N) is 2. The van der Waals surface area contributed by atoms with Crippen molar-refractivity contribution in [3.63, 3.8) is 0 Å². The molecule has 0 saturated heterocycles. The van der Waals surface area contributed by atoms with Crippen molar-refractivity contribution >= 4 is 0 Å². The summed E-state index contributed by atoms with van der Waals surface area (Å²) < 4.78 is 0. The van der Waals surface area contributed by atoms with E-state index < -0.39 is 0 Å². The molecule has 258 valence electrons. The zero-order valence-corrected chi connectivity index (χ0v) is 30.3. The maximum absolute atomic E-state index is 5.01. The Hall–Kier alpha value is -6.38. The van der Waals surface area contributed by atoms with Crippen molar-refractivity contribution in [2.24, 2.45) is 0 Å². The summed E-state index contributed by atoms with van der Waals surface area (Å²) in [6.07, 6.45) is 6.46. The Labute approximate surface area is 317 Å². The molecule has 0 N–H and O–H groups in total. The standard InChI is InChI=1S/C52H40N2/c1-4-13-39(14-5-1)49-35-50(40-15-6-2-7-16-40)54-51(53-49)41-27-25-37(26-28-41)36-21-23-38(24-22-36)42-17-12-18-43(33-42)44-29-30-46-45-19-8-9-20-47(45)52(48(46)34-44)31-10-3-11-32-52/h1-2,4-9,12-30,33-35H,3,10-11,31-32H2. The fraction of sp³-hybridized carbons (Fsp3) is 0.115. The van der Waals surface area contributed by atoms with Crippen LogP contribution in [0.4, 0.5) is 0 Å². The van der Waals surface area contributed by atoms with E-state index >= 15 is 0 Å². The molecule has 1 saturated carbocycles. The highest BCUT2D eigenvalue weighted by molar-refractivity contribution is 5.85. The van der Waals surface area contributed by atoms with Gasteiger partial charge in [0.2, 0.25) is 0 Å². The van der Waals surface area contributed by atoms with Crippen LogP contribution in [0.5, 0.6) is 0 Å². The molecular formula is C52H40N2. The van der Waals surface area contributed by atoms with E-state index in [1.807, 2.05) is 12.1 Å². The molecule has 2 nitrogen and oxygen atoms in total. The molecule has 1 fully saturated rings. The molecule has 1 spiro atoms. The van der Waals surface area contributed by atoms with Gasteiger partial charge in [-0.2, -0.15) is 0 Å². The van der Waals surface area contributed by atoms with Crippen LogP contribution in [0.15, 0.2) is 182 Å². The Morgan fingerprint density at radius 2 is 0.778 bits per heavy atom. The van der Waals surface area contributed by atoms with Crippen LogP contribution in [-0.4, -0.2) is 9.97 Å². The first-order valence-electron chi connectivity index (χ1n) is 19.3. The van der Waals surface area contributed by atoms with Gasteiger partial charge in [0, 0.05) is 22.1 Å². The first-order chi connectivity index (χ1) is 26.7. The Morgan fingerprint density at radius 1 is 0.315 bits per heavy atom. The molecule has 2 aliphatic carbocycles. The van der Waals surface area contributed by atoms with Gasteiger partial charge in [0.1, 0.15) is 0 Å². The summed E-state index contributed by atoms with van der Waals surface area (Å²) in [6, 6.07) is 65.8. The normalized spacial score (nSPS) is 14.1. The highest BCUT2D eigenvalue weighted by Crippen LogP contribution is 2.56. The Kier molecular flexibility index (Phi) is 8.10. The maximum Gasteiger partial charge on any atom is 0.160 e. The zero-order chi connectivity index (χ0) is 35.9. The quantitative estimate of drug-likeness (QED) is 0.173. The van der Waals surface area contributed by atoms with E-state index in [-0.39, 0.29) is 5.41 Å². The molecule has 1 aromatic heterocycles. The molecule has 8 aromatic rings. The summed E-state index contributed by atoms with van der Waals surface area (Å²) >= 11 is 0. The predicted octanol–water partition coefficient (Wildman–Crippen LogP) is 13.7. The second-order valence-corrected chi connectivity index (χ2v) is 14.9. The number of benzene rings is 7. The first kappa shape index (κ1) is 32.3. The summed E-state index contributed by atoms with van der Waals surface area (Å²) in [4.78, 5) is 10.0. The van der Waals surface area contributed by atoms with Crippen LogP contribution in [0.2, 0.25) is 0 Å². The smallest absolute Gasteiger partial charge is 0.160 e. The van der Waals surface area contributed by atoms with Crippen molar-refractivity contribution in [3.05, 3.63) is 193 Å². The van der Waals surface area contributed by atoms with Gasteiger partial charge in [-0.05, 0) is 86.7 Å². The Balaban J connectivity index is 0.923. The third-order valence-electron chi connectivity index (χ3n) is 11.7. The highest BCUT2D eigenvalue weighted by Gasteiger charge is 2.43. The molecule has 54 heavy (non-hydrogen) atoms. The van der Waals surface area contributed by atoms with Gasteiger partial charge in [-0.15, -0.1) is 0 Å². The van der Waals surface area contributed by atoms with Crippen molar-refractivity contribution in [3.8, 4) is 78.4 Å². The fourth-order valence-electron chi connectivity index (χ4n) is 8.96. The van der Waals surface area contributed by atoms with Gasteiger partial charge in [-0.25, -0.2) is 9.97 Å². The van der Waals surface area contributed by atoms with Gasteiger partial charge in [-0.1, -0.05) is 183 Å². The van der Waals surface area contributed by atoms with Crippen molar-refractivity contribution in [2.75, 3.05) is 0 Å². The van der Waals surface area contributed by atoms with Crippen LogP contribution in [0.3, 0.4) is 0 Å². The summed E-state index contributed by atoms with van der Waals surface area (Å²) in [5.74, 6) is 0.721. The van der Waals surface area contributed by atoms with E-state index in [2.05, 4.69) is 170 Å². The number of rotatable bonds is 6. The molecule has 7 aromatic carbocycles. The predicted molar refractivity (Wildman–Crippen MR) is 224 cm³/mol. The van der Waals surface area contributed by atoms with Crippen LogP contribution in [-0.2, 0) is 5.41 Å². The van der Waals surface area contributed by atoms with Gasteiger partial charge < -0.3 is 0 Å². The van der Waals surface area contributed by atoms with E-state index in [0.717, 1.165) is 39.5 Å². The summed E-state index contributed by atoms with van der Waals surface area (Å²) in [7, 11) is 0. The van der Waals surface area contributed by atoms with E-state index in [1.54, 1.807) is 5.56 Å². The number of hydrogen-bond donors (Lipinski definition) is 0. The SMILES string of the molecule is c1ccc(-c2cc(-c3ccccc3)nc(-c3ccc(-c4ccc(-c5cccc(-c6ccc7c(c6)C6(CCCCC6)c6ccccc6-7)c5)cc4)cc3)n2)cc1. The fourth-order valence-corrected chi connectivity index (χ4v) is 8.96. The van der Waals surface area contributed by atoms with Crippen LogP contribution in [0.25, 0.3) is 78.4 Å².